The Labute approximate surface area is 271 Å². The standard InChI is InChI=1S/C39H40N2O3.ClH/c1-3-19-41-31-13-9-8-12-29(31)30-23-39(43-21-4-2)33-22-28-16-17-32(42-25-27-10-6-5-7-11-27)36-34(28)38(39,37(44-36)35(30)41)18-20-40(33)24-26-14-15-26;/h3-13,16-17,26,33,37H,1-2,14-15,18-25H2;1H/t33-,37-,38-,39+;/m0./s1. The number of allylic oxidation sites excluding steroid dienone is 1. The zero-order valence-corrected chi connectivity index (χ0v) is 26.5. The molecule has 3 heterocycles. The average Bonchev–Trinajstić information content (AvgIpc) is 3.73. The molecule has 9 rings (SSSR count). The molecule has 1 saturated carbocycles. The third-order valence-corrected chi connectivity index (χ3v) is 11.5. The topological polar surface area (TPSA) is 37.1 Å². The van der Waals surface area contributed by atoms with E-state index in [1.165, 1.54) is 52.7 Å². The van der Waals surface area contributed by atoms with E-state index in [-0.39, 0.29) is 23.9 Å². The van der Waals surface area contributed by atoms with Crippen LogP contribution in [0.1, 0.15) is 53.3 Å². The summed E-state index contributed by atoms with van der Waals surface area (Å²) in [5.74, 6) is 2.63. The van der Waals surface area contributed by atoms with Crippen molar-refractivity contribution in [2.45, 2.75) is 68.4 Å². The van der Waals surface area contributed by atoms with Gasteiger partial charge in [-0.3, -0.25) is 0 Å². The molecule has 5 nitrogen and oxygen atoms in total. The van der Waals surface area contributed by atoms with Crippen molar-refractivity contribution in [3.8, 4) is 11.5 Å². The number of ether oxygens (including phenoxy) is 3. The largest absolute Gasteiger partial charge is 1.00 e. The number of hydrogen-bond acceptors (Lipinski definition) is 3. The van der Waals surface area contributed by atoms with Crippen LogP contribution in [0, 0.1) is 5.92 Å². The number of likely N-dealkylation sites (tertiary alicyclic amines) is 1. The number of piperidine rings is 1. The summed E-state index contributed by atoms with van der Waals surface area (Å²) in [4.78, 5) is 1.72. The highest BCUT2D eigenvalue weighted by molar-refractivity contribution is 5.87. The lowest BCUT2D eigenvalue weighted by atomic mass is 9.48. The maximum Gasteiger partial charge on any atom is 0.166 e. The van der Waals surface area contributed by atoms with Gasteiger partial charge >= 0.3 is 0 Å². The summed E-state index contributed by atoms with van der Waals surface area (Å²) in [6, 6.07) is 24.2. The number of benzene rings is 3. The van der Waals surface area contributed by atoms with Gasteiger partial charge in [0.15, 0.2) is 17.6 Å². The second-order valence-corrected chi connectivity index (χ2v) is 13.7. The Morgan fingerprint density at radius 2 is 1.82 bits per heavy atom. The van der Waals surface area contributed by atoms with Gasteiger partial charge in [0.1, 0.15) is 18.2 Å². The van der Waals surface area contributed by atoms with Gasteiger partial charge in [0.25, 0.3) is 0 Å². The minimum atomic E-state index is -0.402. The molecule has 1 spiro atoms. The van der Waals surface area contributed by atoms with Gasteiger partial charge < -0.3 is 36.1 Å². The lowest BCUT2D eigenvalue weighted by Gasteiger charge is -2.62. The van der Waals surface area contributed by atoms with Crippen molar-refractivity contribution in [1.82, 2.24) is 4.57 Å². The van der Waals surface area contributed by atoms with E-state index >= 15 is 0 Å². The minimum absolute atomic E-state index is 0. The monoisotopic (exact) mass is 620 g/mol. The quantitative estimate of drug-likeness (QED) is 0.277. The lowest BCUT2D eigenvalue weighted by Crippen LogP contribution is -3.21. The van der Waals surface area contributed by atoms with Crippen LogP contribution in [-0.2, 0) is 36.1 Å². The number of fused-ring (bicyclic) bond motifs is 4. The van der Waals surface area contributed by atoms with Crippen molar-refractivity contribution >= 4 is 10.9 Å². The van der Waals surface area contributed by atoms with E-state index in [0.717, 1.165) is 55.3 Å². The van der Waals surface area contributed by atoms with Gasteiger partial charge in [0, 0.05) is 48.2 Å². The van der Waals surface area contributed by atoms with Gasteiger partial charge in [-0.25, -0.2) is 0 Å². The highest BCUT2D eigenvalue weighted by Crippen LogP contribution is 2.69. The number of quaternary nitrogens is 1. The maximum atomic E-state index is 7.38. The summed E-state index contributed by atoms with van der Waals surface area (Å²) in [5.41, 5.74) is 7.15. The summed E-state index contributed by atoms with van der Waals surface area (Å²) in [7, 11) is 0. The number of nitrogens with one attached hydrogen (secondary N) is 1. The third-order valence-electron chi connectivity index (χ3n) is 11.5. The number of nitrogens with zero attached hydrogens (tertiary/aromatic N) is 1. The zero-order valence-electron chi connectivity index (χ0n) is 25.8. The highest BCUT2D eigenvalue weighted by Gasteiger charge is 2.76. The molecule has 2 bridgehead atoms. The molecule has 232 valence electrons. The molecular formula is C39H41ClN2O3. The molecule has 4 aromatic rings. The van der Waals surface area contributed by atoms with Crippen LogP contribution in [0.25, 0.3) is 10.9 Å². The highest BCUT2D eigenvalue weighted by atomic mass is 35.5. The molecular weight excluding hydrogens is 580 g/mol. The second kappa shape index (κ2) is 10.8. The fraction of sp³-hybridized carbons (Fsp3) is 0.385. The predicted molar refractivity (Wildman–Crippen MR) is 173 cm³/mol. The van der Waals surface area contributed by atoms with E-state index in [0.29, 0.717) is 19.3 Å². The van der Waals surface area contributed by atoms with Crippen LogP contribution in [0.15, 0.2) is 92.0 Å². The first-order chi connectivity index (χ1) is 21.7. The Kier molecular flexibility index (Phi) is 6.94. The van der Waals surface area contributed by atoms with Gasteiger partial charge in [0.2, 0.25) is 0 Å². The summed E-state index contributed by atoms with van der Waals surface area (Å²) in [6.45, 7) is 12.5. The molecule has 2 aliphatic heterocycles. The predicted octanol–water partition coefficient (Wildman–Crippen LogP) is 2.90. The van der Waals surface area contributed by atoms with Crippen LogP contribution in [-0.4, -0.2) is 35.9 Å². The van der Waals surface area contributed by atoms with Crippen LogP contribution in [0.5, 0.6) is 11.5 Å². The number of aromatic nitrogens is 1. The van der Waals surface area contributed by atoms with Crippen molar-refractivity contribution in [2.75, 3.05) is 19.7 Å². The molecule has 1 N–H and O–H groups in total. The summed E-state index contributed by atoms with van der Waals surface area (Å²) >= 11 is 0. The van der Waals surface area contributed by atoms with E-state index < -0.39 is 5.60 Å². The first-order valence-electron chi connectivity index (χ1n) is 16.5. The smallest absolute Gasteiger partial charge is 0.166 e. The summed E-state index contributed by atoms with van der Waals surface area (Å²) in [6.07, 6.45) is 9.46. The van der Waals surface area contributed by atoms with Gasteiger partial charge in [-0.1, -0.05) is 66.7 Å². The molecule has 3 aromatic carbocycles. The van der Waals surface area contributed by atoms with Gasteiger partial charge in [-0.05, 0) is 41.7 Å². The van der Waals surface area contributed by atoms with Gasteiger partial charge in [-0.2, -0.15) is 0 Å². The average molecular weight is 621 g/mol. The van der Waals surface area contributed by atoms with E-state index in [1.807, 2.05) is 18.2 Å². The Balaban J connectivity index is 0.00000300. The van der Waals surface area contributed by atoms with Gasteiger partial charge in [-0.15, -0.1) is 13.2 Å². The SMILES string of the molecule is C=CCO[C@@]12Cc3c(n(CC=C)c4ccccc34)[C@@H]3Oc4c(OCc5ccccc5)ccc5c4[C@@]31CC[NH+](CC1CC1)[C@H]2C5.[Cl-]. The third kappa shape index (κ3) is 4.00. The van der Waals surface area contributed by atoms with Crippen LogP contribution < -0.4 is 26.8 Å². The molecule has 3 aliphatic carbocycles. The van der Waals surface area contributed by atoms with Crippen LogP contribution in [0.2, 0.25) is 0 Å². The van der Waals surface area contributed by atoms with E-state index in [2.05, 4.69) is 78.4 Å². The second-order valence-electron chi connectivity index (χ2n) is 13.7. The molecule has 6 heteroatoms. The van der Waals surface area contributed by atoms with Gasteiger partial charge in [0.05, 0.1) is 30.8 Å². The van der Waals surface area contributed by atoms with E-state index in [1.54, 1.807) is 4.90 Å². The van der Waals surface area contributed by atoms with Crippen molar-refractivity contribution in [1.29, 1.82) is 0 Å². The fourth-order valence-electron chi connectivity index (χ4n) is 9.65. The molecule has 2 fully saturated rings. The molecule has 1 aromatic heterocycles. The first-order valence-corrected chi connectivity index (χ1v) is 16.5. The van der Waals surface area contributed by atoms with Crippen LogP contribution in [0.3, 0.4) is 0 Å². The first kappa shape index (κ1) is 28.9. The minimum Gasteiger partial charge on any atom is -1.00 e. The zero-order chi connectivity index (χ0) is 29.5. The van der Waals surface area contributed by atoms with Crippen LogP contribution >= 0.6 is 0 Å². The van der Waals surface area contributed by atoms with Crippen LogP contribution in [0.4, 0.5) is 0 Å². The molecule has 1 unspecified atom stereocenters. The molecule has 0 radical (unpaired) electrons. The molecule has 5 aliphatic rings. The summed E-state index contributed by atoms with van der Waals surface area (Å²) < 4.78 is 23.8. The van der Waals surface area contributed by atoms with Crippen molar-refractivity contribution < 1.29 is 31.5 Å². The lowest BCUT2D eigenvalue weighted by molar-refractivity contribution is -0.944. The normalized spacial score (nSPS) is 28.4. The Hall–Kier alpha value is -3.51. The van der Waals surface area contributed by atoms with Crippen molar-refractivity contribution in [3.63, 3.8) is 0 Å². The van der Waals surface area contributed by atoms with E-state index in [9.17, 15) is 0 Å². The molecule has 5 atom stereocenters. The summed E-state index contributed by atoms with van der Waals surface area (Å²) in [5, 5.41) is 1.31. The van der Waals surface area contributed by atoms with Crippen molar-refractivity contribution in [3.05, 3.63) is 120 Å². The maximum absolute atomic E-state index is 7.38. The number of para-hydroxylation sites is 1. The Morgan fingerprint density at radius 3 is 2.62 bits per heavy atom. The van der Waals surface area contributed by atoms with Crippen molar-refractivity contribution in [2.24, 2.45) is 5.92 Å². The molecule has 1 saturated heterocycles. The van der Waals surface area contributed by atoms with E-state index in [4.69, 9.17) is 14.2 Å². The fourth-order valence-corrected chi connectivity index (χ4v) is 9.65. The number of rotatable bonds is 10. The Bertz CT molecular complexity index is 1800. The number of halogens is 1. The molecule has 0 amide bonds. The Morgan fingerprint density at radius 1 is 1.00 bits per heavy atom. The number of hydrogen-bond donors (Lipinski definition) is 1. The molecule has 45 heavy (non-hydrogen) atoms.